The van der Waals surface area contributed by atoms with Crippen LogP contribution >= 0.6 is 11.6 Å². The van der Waals surface area contributed by atoms with Crippen molar-refractivity contribution in [1.82, 2.24) is 4.90 Å². The minimum Gasteiger partial charge on any atom is -0.367 e. The van der Waals surface area contributed by atoms with Gasteiger partial charge in [0.25, 0.3) is 15.9 Å². The van der Waals surface area contributed by atoms with Gasteiger partial charge in [-0.15, -0.1) is 0 Å². The lowest BCUT2D eigenvalue weighted by molar-refractivity contribution is 0.0748. The van der Waals surface area contributed by atoms with Crippen LogP contribution in [-0.4, -0.2) is 45.4 Å². The van der Waals surface area contributed by atoms with Crippen LogP contribution in [0.3, 0.4) is 0 Å². The van der Waals surface area contributed by atoms with E-state index < -0.39 is 15.8 Å². The summed E-state index contributed by atoms with van der Waals surface area (Å²) in [6.07, 6.45) is 0. The summed E-state index contributed by atoms with van der Waals surface area (Å²) in [7, 11) is -4.01. The Morgan fingerprint density at radius 2 is 1.64 bits per heavy atom. The number of rotatable bonds is 5. The van der Waals surface area contributed by atoms with E-state index in [0.29, 0.717) is 31.2 Å². The molecule has 33 heavy (non-hydrogen) atoms. The summed E-state index contributed by atoms with van der Waals surface area (Å²) in [5.41, 5.74) is 1.64. The van der Waals surface area contributed by atoms with Gasteiger partial charge in [0.2, 0.25) is 0 Å². The number of halogens is 2. The molecule has 0 aromatic heterocycles. The van der Waals surface area contributed by atoms with E-state index in [1.54, 1.807) is 29.2 Å². The van der Waals surface area contributed by atoms with E-state index in [1.165, 1.54) is 13.0 Å². The van der Waals surface area contributed by atoms with Crippen molar-refractivity contribution < 1.29 is 17.6 Å². The van der Waals surface area contributed by atoms with Crippen molar-refractivity contribution in [2.45, 2.75) is 11.8 Å². The third kappa shape index (κ3) is 4.96. The molecule has 0 spiro atoms. The van der Waals surface area contributed by atoms with Crippen LogP contribution in [0, 0.1) is 12.7 Å². The Hall–Kier alpha value is -3.10. The van der Waals surface area contributed by atoms with Gasteiger partial charge in [-0.05, 0) is 55.0 Å². The van der Waals surface area contributed by atoms with E-state index in [4.69, 9.17) is 11.6 Å². The molecule has 0 aliphatic carbocycles. The zero-order chi connectivity index (χ0) is 23.6. The van der Waals surface area contributed by atoms with Crippen molar-refractivity contribution in [3.05, 3.63) is 88.7 Å². The molecule has 1 saturated heterocycles. The number of carbonyl (C=O) groups excluding carboxylic acids is 1. The Labute approximate surface area is 197 Å². The molecular weight excluding hydrogens is 465 g/mol. The Morgan fingerprint density at radius 1 is 0.970 bits per heavy atom. The monoisotopic (exact) mass is 487 g/mol. The van der Waals surface area contributed by atoms with Gasteiger partial charge < -0.3 is 9.80 Å². The molecule has 1 amide bonds. The molecule has 0 atom stereocenters. The fourth-order valence-electron chi connectivity index (χ4n) is 3.90. The first-order valence-corrected chi connectivity index (χ1v) is 12.3. The number of piperazine rings is 1. The third-order valence-electron chi connectivity index (χ3n) is 5.59. The molecule has 1 fully saturated rings. The predicted molar refractivity (Wildman–Crippen MR) is 128 cm³/mol. The summed E-state index contributed by atoms with van der Waals surface area (Å²) in [6, 6.07) is 17.5. The van der Waals surface area contributed by atoms with Gasteiger partial charge in [0, 0.05) is 26.2 Å². The number of nitrogens with zero attached hydrogens (tertiary/aromatic N) is 2. The van der Waals surface area contributed by atoms with Gasteiger partial charge in [-0.1, -0.05) is 35.9 Å². The summed E-state index contributed by atoms with van der Waals surface area (Å²) in [5, 5.41) is 0.660. The number of hydrogen-bond acceptors (Lipinski definition) is 4. The summed E-state index contributed by atoms with van der Waals surface area (Å²) >= 11 is 6.30. The number of amides is 1. The van der Waals surface area contributed by atoms with Gasteiger partial charge in [-0.25, -0.2) is 12.8 Å². The quantitative estimate of drug-likeness (QED) is 0.573. The first kappa shape index (κ1) is 23.1. The molecule has 6 nitrogen and oxygen atoms in total. The summed E-state index contributed by atoms with van der Waals surface area (Å²) in [4.78, 5) is 17.0. The van der Waals surface area contributed by atoms with Crippen LogP contribution in [0.5, 0.6) is 0 Å². The van der Waals surface area contributed by atoms with Crippen LogP contribution in [0.2, 0.25) is 5.02 Å². The maximum absolute atomic E-state index is 13.4. The number of hydrogen-bond donors (Lipinski definition) is 1. The highest BCUT2D eigenvalue weighted by molar-refractivity contribution is 7.92. The molecule has 0 radical (unpaired) electrons. The van der Waals surface area contributed by atoms with Crippen molar-refractivity contribution >= 4 is 38.9 Å². The van der Waals surface area contributed by atoms with Crippen LogP contribution in [-0.2, 0) is 10.0 Å². The van der Waals surface area contributed by atoms with Crippen LogP contribution in [0.25, 0.3) is 0 Å². The Morgan fingerprint density at radius 3 is 2.33 bits per heavy atom. The number of para-hydroxylation sites is 2. The minimum atomic E-state index is -4.01. The van der Waals surface area contributed by atoms with E-state index in [9.17, 15) is 17.6 Å². The fourth-order valence-corrected chi connectivity index (χ4v) is 5.46. The Balaban J connectivity index is 1.52. The van der Waals surface area contributed by atoms with Crippen molar-refractivity contribution in [2.24, 2.45) is 0 Å². The number of carbonyl (C=O) groups is 1. The van der Waals surface area contributed by atoms with E-state index in [-0.39, 0.29) is 27.6 Å². The fraction of sp³-hybridized carbons (Fsp3) is 0.208. The molecule has 9 heteroatoms. The molecule has 3 aromatic rings. The number of anilines is 2. The summed E-state index contributed by atoms with van der Waals surface area (Å²) in [6.45, 7) is 3.69. The van der Waals surface area contributed by atoms with Crippen LogP contribution in [0.4, 0.5) is 15.8 Å². The third-order valence-corrected chi connectivity index (χ3v) is 7.43. The van der Waals surface area contributed by atoms with Gasteiger partial charge in [-0.2, -0.15) is 0 Å². The lowest BCUT2D eigenvalue weighted by Gasteiger charge is -2.36. The van der Waals surface area contributed by atoms with Crippen LogP contribution < -0.4 is 9.62 Å². The van der Waals surface area contributed by atoms with Gasteiger partial charge in [0.15, 0.2) is 0 Å². The topological polar surface area (TPSA) is 69.7 Å². The normalized spacial score (nSPS) is 14.3. The average molecular weight is 488 g/mol. The predicted octanol–water partition coefficient (Wildman–Crippen LogP) is 4.55. The van der Waals surface area contributed by atoms with Gasteiger partial charge in [0.1, 0.15) is 5.82 Å². The standard InChI is InChI=1S/C24H23ClFN3O3S/c1-17-16-18(26)10-11-23(17)33(31,32)27-21-8-4-2-6-19(21)24(30)29-14-12-28(13-15-29)22-9-5-3-7-20(22)25/h2-11,16,27H,12-15H2,1H3. The average Bonchev–Trinajstić information content (AvgIpc) is 2.79. The zero-order valence-electron chi connectivity index (χ0n) is 18.0. The highest BCUT2D eigenvalue weighted by Gasteiger charge is 2.26. The number of benzene rings is 3. The molecule has 4 rings (SSSR count). The number of nitrogens with one attached hydrogen (secondary N) is 1. The molecule has 1 heterocycles. The highest BCUT2D eigenvalue weighted by Crippen LogP contribution is 2.27. The van der Waals surface area contributed by atoms with E-state index >= 15 is 0 Å². The number of sulfonamides is 1. The van der Waals surface area contributed by atoms with Crippen LogP contribution in [0.15, 0.2) is 71.6 Å². The largest absolute Gasteiger partial charge is 0.367 e. The first-order valence-electron chi connectivity index (χ1n) is 10.4. The first-order chi connectivity index (χ1) is 15.8. The van der Waals surface area contributed by atoms with E-state index in [2.05, 4.69) is 9.62 Å². The SMILES string of the molecule is Cc1cc(F)ccc1S(=O)(=O)Nc1ccccc1C(=O)N1CCN(c2ccccc2Cl)CC1. The zero-order valence-corrected chi connectivity index (χ0v) is 19.5. The molecule has 172 valence electrons. The lowest BCUT2D eigenvalue weighted by Crippen LogP contribution is -2.49. The van der Waals surface area contributed by atoms with Crippen molar-refractivity contribution in [3.8, 4) is 0 Å². The highest BCUT2D eigenvalue weighted by atomic mass is 35.5. The van der Waals surface area contributed by atoms with E-state index in [0.717, 1.165) is 17.8 Å². The maximum Gasteiger partial charge on any atom is 0.262 e. The Kier molecular flexibility index (Phi) is 6.58. The van der Waals surface area contributed by atoms with E-state index in [1.807, 2.05) is 24.3 Å². The summed E-state index contributed by atoms with van der Waals surface area (Å²) in [5.74, 6) is -0.777. The molecule has 3 aromatic carbocycles. The molecular formula is C24H23ClFN3O3S. The molecule has 0 unspecified atom stereocenters. The van der Waals surface area contributed by atoms with Gasteiger partial charge >= 0.3 is 0 Å². The smallest absolute Gasteiger partial charge is 0.262 e. The molecule has 0 saturated carbocycles. The van der Waals surface area contributed by atoms with Crippen LogP contribution in [0.1, 0.15) is 15.9 Å². The number of aryl methyl sites for hydroxylation is 1. The lowest BCUT2D eigenvalue weighted by atomic mass is 10.1. The van der Waals surface area contributed by atoms with Crippen molar-refractivity contribution in [2.75, 3.05) is 35.8 Å². The second-order valence-corrected chi connectivity index (χ2v) is 9.85. The van der Waals surface area contributed by atoms with Crippen molar-refractivity contribution in [3.63, 3.8) is 0 Å². The van der Waals surface area contributed by atoms with Gasteiger partial charge in [0.05, 0.1) is 26.9 Å². The van der Waals surface area contributed by atoms with Gasteiger partial charge in [-0.3, -0.25) is 9.52 Å². The van der Waals surface area contributed by atoms with Crippen molar-refractivity contribution in [1.29, 1.82) is 0 Å². The molecule has 1 aliphatic heterocycles. The maximum atomic E-state index is 13.4. The molecule has 1 N–H and O–H groups in total. The Bertz CT molecular complexity index is 1290. The second-order valence-electron chi connectivity index (χ2n) is 7.79. The molecule has 1 aliphatic rings. The molecule has 0 bridgehead atoms. The minimum absolute atomic E-state index is 0.0421. The summed E-state index contributed by atoms with van der Waals surface area (Å²) < 4.78 is 41.8. The second kappa shape index (κ2) is 9.41.